The Morgan fingerprint density at radius 2 is 2.05 bits per heavy atom. The number of piperidine rings is 1. The maximum Gasteiger partial charge on any atom is 0.165 e. The molecule has 2 rings (SSSR count). The van der Waals surface area contributed by atoms with Crippen LogP contribution in [-0.2, 0) is 0 Å². The highest BCUT2D eigenvalue weighted by molar-refractivity contribution is 6.43. The van der Waals surface area contributed by atoms with Crippen LogP contribution in [-0.4, -0.2) is 41.5 Å². The molecule has 0 aliphatic carbocycles. The lowest BCUT2D eigenvalue weighted by atomic mass is 9.92. The van der Waals surface area contributed by atoms with Gasteiger partial charge in [0.25, 0.3) is 0 Å². The fourth-order valence-electron chi connectivity index (χ4n) is 2.77. The number of aliphatic hydroxyl groups excluding tert-OH is 1. The van der Waals surface area contributed by atoms with Gasteiger partial charge in [0.2, 0.25) is 0 Å². The van der Waals surface area contributed by atoms with Crippen molar-refractivity contribution >= 4 is 29.0 Å². The highest BCUT2D eigenvalue weighted by atomic mass is 35.5. The van der Waals surface area contributed by atoms with Gasteiger partial charge in [0.1, 0.15) is 0 Å². The zero-order chi connectivity index (χ0) is 15.4. The van der Waals surface area contributed by atoms with Crippen LogP contribution in [0.4, 0.5) is 0 Å². The molecule has 21 heavy (non-hydrogen) atoms. The maximum absolute atomic E-state index is 12.2. The third-order valence-electron chi connectivity index (χ3n) is 4.22. The fourth-order valence-corrected chi connectivity index (χ4v) is 3.18. The predicted octanol–water partition coefficient (Wildman–Crippen LogP) is 3.66. The summed E-state index contributed by atoms with van der Waals surface area (Å²) in [5.74, 6) is 0.416. The van der Waals surface area contributed by atoms with Gasteiger partial charge in [-0.1, -0.05) is 29.3 Å². The minimum Gasteiger partial charge on any atom is -0.393 e. The van der Waals surface area contributed by atoms with E-state index in [1.807, 2.05) is 6.92 Å². The van der Waals surface area contributed by atoms with Crippen molar-refractivity contribution in [3.63, 3.8) is 0 Å². The van der Waals surface area contributed by atoms with Gasteiger partial charge in [-0.05, 0) is 50.9 Å². The zero-order valence-corrected chi connectivity index (χ0v) is 13.7. The molecular formula is C16H21Cl2NO2. The van der Waals surface area contributed by atoms with Crippen molar-refractivity contribution < 1.29 is 9.90 Å². The summed E-state index contributed by atoms with van der Waals surface area (Å²) >= 11 is 12.0. The molecule has 1 aliphatic heterocycles. The molecule has 0 amide bonds. The Bertz CT molecular complexity index is 497. The molecule has 1 aromatic carbocycles. The Balaban J connectivity index is 1.84. The summed E-state index contributed by atoms with van der Waals surface area (Å²) in [6.45, 7) is 4.46. The first-order chi connectivity index (χ1) is 9.99. The fraction of sp³-hybridized carbons (Fsp3) is 0.562. The first-order valence-electron chi connectivity index (χ1n) is 7.36. The van der Waals surface area contributed by atoms with Crippen LogP contribution in [0.3, 0.4) is 0 Å². The third-order valence-corrected chi connectivity index (χ3v) is 5.04. The average molecular weight is 330 g/mol. The van der Waals surface area contributed by atoms with Crippen LogP contribution >= 0.6 is 23.2 Å². The van der Waals surface area contributed by atoms with E-state index < -0.39 is 0 Å². The van der Waals surface area contributed by atoms with Crippen LogP contribution in [0, 0.1) is 5.92 Å². The standard InChI is InChI=1S/C16H21Cl2NO2/c1-11(20)12-5-8-19(9-6-12)10-7-15(21)13-3-2-4-14(17)16(13)18/h2-4,11-12,20H,5-10H2,1H3. The van der Waals surface area contributed by atoms with Crippen molar-refractivity contribution in [3.05, 3.63) is 33.8 Å². The first kappa shape index (κ1) is 16.8. The van der Waals surface area contributed by atoms with Crippen LogP contribution in [0.2, 0.25) is 10.0 Å². The van der Waals surface area contributed by atoms with Gasteiger partial charge in [0.15, 0.2) is 5.78 Å². The number of ketones is 1. The van der Waals surface area contributed by atoms with Gasteiger partial charge >= 0.3 is 0 Å². The maximum atomic E-state index is 12.2. The third kappa shape index (κ3) is 4.43. The summed E-state index contributed by atoms with van der Waals surface area (Å²) in [4.78, 5) is 14.5. The number of halogens is 2. The van der Waals surface area contributed by atoms with E-state index in [2.05, 4.69) is 4.90 Å². The smallest absolute Gasteiger partial charge is 0.165 e. The van der Waals surface area contributed by atoms with Gasteiger partial charge in [-0.15, -0.1) is 0 Å². The van der Waals surface area contributed by atoms with E-state index >= 15 is 0 Å². The summed E-state index contributed by atoms with van der Waals surface area (Å²) in [5.41, 5.74) is 0.503. The molecular weight excluding hydrogens is 309 g/mol. The summed E-state index contributed by atoms with van der Waals surface area (Å²) in [5, 5.41) is 10.3. The van der Waals surface area contributed by atoms with Crippen LogP contribution < -0.4 is 0 Å². The summed E-state index contributed by atoms with van der Waals surface area (Å²) in [6.07, 6.45) is 2.19. The molecule has 0 bridgehead atoms. The number of nitrogens with zero attached hydrogens (tertiary/aromatic N) is 1. The molecule has 0 spiro atoms. The van der Waals surface area contributed by atoms with E-state index in [1.54, 1.807) is 18.2 Å². The highest BCUT2D eigenvalue weighted by Crippen LogP contribution is 2.27. The van der Waals surface area contributed by atoms with Crippen LogP contribution in [0.25, 0.3) is 0 Å². The van der Waals surface area contributed by atoms with Gasteiger partial charge < -0.3 is 10.0 Å². The number of Topliss-reactive ketones (excluding diaryl/α,β-unsaturated/α-hetero) is 1. The normalized spacial score (nSPS) is 18.7. The molecule has 0 aromatic heterocycles. The Kier molecular flexibility index (Phi) is 6.06. The predicted molar refractivity (Wildman–Crippen MR) is 86.3 cm³/mol. The second-order valence-electron chi connectivity index (χ2n) is 5.69. The molecule has 3 nitrogen and oxygen atoms in total. The van der Waals surface area contributed by atoms with Gasteiger partial charge in [0.05, 0.1) is 16.1 Å². The van der Waals surface area contributed by atoms with Gasteiger partial charge in [-0.2, -0.15) is 0 Å². The molecule has 1 fully saturated rings. The van der Waals surface area contributed by atoms with E-state index in [1.165, 1.54) is 0 Å². The number of rotatable bonds is 5. The lowest BCUT2D eigenvalue weighted by Gasteiger charge is -2.33. The molecule has 1 unspecified atom stereocenters. The lowest BCUT2D eigenvalue weighted by molar-refractivity contribution is 0.0693. The monoisotopic (exact) mass is 329 g/mol. The Morgan fingerprint density at radius 1 is 1.38 bits per heavy atom. The Labute approximate surface area is 135 Å². The zero-order valence-electron chi connectivity index (χ0n) is 12.2. The van der Waals surface area contributed by atoms with Crippen molar-refractivity contribution in [2.75, 3.05) is 19.6 Å². The van der Waals surface area contributed by atoms with E-state index in [9.17, 15) is 9.90 Å². The lowest BCUT2D eigenvalue weighted by Crippen LogP contribution is -2.38. The number of aliphatic hydroxyl groups is 1. The van der Waals surface area contributed by atoms with Crippen molar-refractivity contribution in [1.82, 2.24) is 4.90 Å². The van der Waals surface area contributed by atoms with Crippen LogP contribution in [0.15, 0.2) is 18.2 Å². The largest absolute Gasteiger partial charge is 0.393 e. The van der Waals surface area contributed by atoms with Crippen LogP contribution in [0.5, 0.6) is 0 Å². The molecule has 1 aromatic rings. The molecule has 116 valence electrons. The molecule has 1 aliphatic rings. The van der Waals surface area contributed by atoms with Crippen molar-refractivity contribution in [3.8, 4) is 0 Å². The molecule has 1 heterocycles. The SMILES string of the molecule is CC(O)C1CCN(CCC(=O)c2cccc(Cl)c2Cl)CC1. The molecule has 5 heteroatoms. The number of benzene rings is 1. The number of hydrogen-bond acceptors (Lipinski definition) is 3. The Morgan fingerprint density at radius 3 is 2.67 bits per heavy atom. The molecule has 0 saturated carbocycles. The summed E-state index contributed by atoms with van der Waals surface area (Å²) < 4.78 is 0. The average Bonchev–Trinajstić information content (AvgIpc) is 2.48. The van der Waals surface area contributed by atoms with Gasteiger partial charge in [0, 0.05) is 18.5 Å². The second kappa shape index (κ2) is 7.59. The number of carbonyl (C=O) groups is 1. The second-order valence-corrected chi connectivity index (χ2v) is 6.48. The van der Waals surface area contributed by atoms with E-state index in [0.717, 1.165) is 32.5 Å². The van der Waals surface area contributed by atoms with Gasteiger partial charge in [-0.25, -0.2) is 0 Å². The molecule has 1 saturated heterocycles. The molecule has 0 radical (unpaired) electrons. The minimum atomic E-state index is -0.237. The number of hydrogen-bond donors (Lipinski definition) is 1. The van der Waals surface area contributed by atoms with E-state index in [4.69, 9.17) is 23.2 Å². The van der Waals surface area contributed by atoms with Gasteiger partial charge in [-0.3, -0.25) is 4.79 Å². The summed E-state index contributed by atoms with van der Waals surface area (Å²) in [6, 6.07) is 5.15. The van der Waals surface area contributed by atoms with Crippen molar-refractivity contribution in [2.45, 2.75) is 32.3 Å². The number of likely N-dealkylation sites (tertiary alicyclic amines) is 1. The van der Waals surface area contributed by atoms with E-state index in [-0.39, 0.29) is 11.9 Å². The summed E-state index contributed by atoms with van der Waals surface area (Å²) in [7, 11) is 0. The van der Waals surface area contributed by atoms with Crippen molar-refractivity contribution in [2.24, 2.45) is 5.92 Å². The minimum absolute atomic E-state index is 0.0279. The van der Waals surface area contributed by atoms with Crippen molar-refractivity contribution in [1.29, 1.82) is 0 Å². The van der Waals surface area contributed by atoms with E-state index in [0.29, 0.717) is 27.9 Å². The molecule has 1 N–H and O–H groups in total. The highest BCUT2D eigenvalue weighted by Gasteiger charge is 2.23. The Hall–Kier alpha value is -0.610. The van der Waals surface area contributed by atoms with Crippen LogP contribution in [0.1, 0.15) is 36.5 Å². The first-order valence-corrected chi connectivity index (χ1v) is 8.12. The number of carbonyl (C=O) groups excluding carboxylic acids is 1. The topological polar surface area (TPSA) is 40.5 Å². The molecule has 1 atom stereocenters. The quantitative estimate of drug-likeness (QED) is 0.838.